The van der Waals surface area contributed by atoms with Crippen molar-refractivity contribution in [3.8, 4) is 11.5 Å². The Kier molecular flexibility index (Phi) is 7.53. The number of nitrogens with one attached hydrogen (secondary N) is 2. The molecule has 1 heterocycles. The zero-order valence-corrected chi connectivity index (χ0v) is 21.8. The fraction of sp³-hybridized carbons (Fsp3) is 0.367. The Morgan fingerprint density at radius 3 is 2.46 bits per heavy atom. The molecule has 35 heavy (non-hydrogen) atoms. The van der Waals surface area contributed by atoms with Gasteiger partial charge in [0.25, 0.3) is 5.91 Å². The number of halogens is 1. The van der Waals surface area contributed by atoms with Crippen LogP contribution in [-0.4, -0.2) is 23.0 Å². The molecule has 4 nitrogen and oxygen atoms in total. The molecule has 4 rings (SSSR count). The molecule has 1 aliphatic heterocycles. The number of benzene rings is 3. The summed E-state index contributed by atoms with van der Waals surface area (Å²) in [6.07, 6.45) is 3.75. The average Bonchev–Trinajstić information content (AvgIpc) is 2.79. The molecule has 2 unspecified atom stereocenters. The van der Waals surface area contributed by atoms with Crippen molar-refractivity contribution in [1.82, 2.24) is 10.6 Å². The van der Waals surface area contributed by atoms with E-state index in [2.05, 4.69) is 62.6 Å². The second-order valence-electron chi connectivity index (χ2n) is 10.6. The van der Waals surface area contributed by atoms with Crippen molar-refractivity contribution < 1.29 is 9.53 Å². The molecule has 1 fully saturated rings. The molecule has 0 radical (unpaired) electrons. The molecular formula is C30H35ClN2O2. The molecule has 0 aromatic heterocycles. The van der Waals surface area contributed by atoms with Crippen LogP contribution in [0.5, 0.6) is 11.5 Å². The number of hydrogen-bond acceptors (Lipinski definition) is 3. The Bertz CT molecular complexity index is 1180. The van der Waals surface area contributed by atoms with Crippen molar-refractivity contribution in [2.75, 3.05) is 0 Å². The third-order valence-electron chi connectivity index (χ3n) is 6.80. The zero-order valence-electron chi connectivity index (χ0n) is 21.0. The van der Waals surface area contributed by atoms with Crippen LogP contribution in [0.2, 0.25) is 5.02 Å². The molecule has 2 atom stereocenters. The second-order valence-corrected chi connectivity index (χ2v) is 11.0. The van der Waals surface area contributed by atoms with Crippen LogP contribution in [0.15, 0.2) is 72.8 Å². The minimum atomic E-state index is -0.109. The van der Waals surface area contributed by atoms with Gasteiger partial charge in [0, 0.05) is 22.7 Å². The Labute approximate surface area is 214 Å². The lowest BCUT2D eigenvalue weighted by Gasteiger charge is -2.48. The Morgan fingerprint density at radius 2 is 1.74 bits per heavy atom. The number of piperidine rings is 1. The van der Waals surface area contributed by atoms with Crippen molar-refractivity contribution in [2.24, 2.45) is 0 Å². The smallest absolute Gasteiger partial charge is 0.251 e. The Hall–Kier alpha value is -2.82. The minimum absolute atomic E-state index is 0.0691. The monoisotopic (exact) mass is 490 g/mol. The first kappa shape index (κ1) is 25.3. The third kappa shape index (κ3) is 6.65. The van der Waals surface area contributed by atoms with E-state index in [9.17, 15) is 4.79 Å². The maximum atomic E-state index is 13.1. The number of carbonyl (C=O) groups is 1. The summed E-state index contributed by atoms with van der Waals surface area (Å²) in [5.74, 6) is 1.12. The van der Waals surface area contributed by atoms with Gasteiger partial charge in [0.2, 0.25) is 0 Å². The summed E-state index contributed by atoms with van der Waals surface area (Å²) in [6, 6.07) is 23.3. The lowest BCUT2D eigenvalue weighted by Crippen LogP contribution is -2.63. The van der Waals surface area contributed by atoms with Crippen LogP contribution in [0.1, 0.15) is 61.5 Å². The summed E-state index contributed by atoms with van der Waals surface area (Å²) in [4.78, 5) is 13.1. The molecular weight excluding hydrogens is 456 g/mol. The lowest BCUT2D eigenvalue weighted by molar-refractivity contribution is 0.0849. The molecule has 1 aliphatic rings. The predicted molar refractivity (Wildman–Crippen MR) is 144 cm³/mol. The van der Waals surface area contributed by atoms with Gasteiger partial charge in [-0.2, -0.15) is 0 Å². The molecule has 0 bridgehead atoms. The highest BCUT2D eigenvalue weighted by atomic mass is 35.5. The maximum Gasteiger partial charge on any atom is 0.251 e. The van der Waals surface area contributed by atoms with Crippen LogP contribution in [0.25, 0.3) is 0 Å². The highest BCUT2D eigenvalue weighted by molar-refractivity contribution is 6.32. The number of hydrogen-bond donors (Lipinski definition) is 2. The SMILES string of the molecule is Cc1ccccc1CCC1(C)CC(NC(=O)c2ccc(Oc3ccccc3)c(Cl)c2)CC(C)(C)N1. The summed E-state index contributed by atoms with van der Waals surface area (Å²) >= 11 is 6.45. The molecule has 0 saturated carbocycles. The van der Waals surface area contributed by atoms with Crippen molar-refractivity contribution in [1.29, 1.82) is 0 Å². The lowest BCUT2D eigenvalue weighted by atomic mass is 9.76. The van der Waals surface area contributed by atoms with Gasteiger partial charge in [-0.1, -0.05) is 54.1 Å². The normalized spacial score (nSPS) is 21.3. The maximum absolute atomic E-state index is 13.1. The van der Waals surface area contributed by atoms with Crippen LogP contribution in [0.3, 0.4) is 0 Å². The van der Waals surface area contributed by atoms with Crippen molar-refractivity contribution in [2.45, 2.75) is 70.5 Å². The van der Waals surface area contributed by atoms with E-state index in [4.69, 9.17) is 16.3 Å². The molecule has 0 spiro atoms. The van der Waals surface area contributed by atoms with Crippen molar-refractivity contribution >= 4 is 17.5 Å². The predicted octanol–water partition coefficient (Wildman–Crippen LogP) is 7.09. The van der Waals surface area contributed by atoms with Crippen LogP contribution in [0.4, 0.5) is 0 Å². The summed E-state index contributed by atoms with van der Waals surface area (Å²) in [7, 11) is 0. The van der Waals surface area contributed by atoms with Crippen molar-refractivity contribution in [3.05, 3.63) is 94.5 Å². The first-order valence-corrected chi connectivity index (χ1v) is 12.7. The van der Waals surface area contributed by atoms with Gasteiger partial charge in [0.05, 0.1) is 5.02 Å². The van der Waals surface area contributed by atoms with Gasteiger partial charge in [-0.3, -0.25) is 4.79 Å². The molecule has 0 aliphatic carbocycles. The zero-order chi connectivity index (χ0) is 25.1. The van der Waals surface area contributed by atoms with Crippen LogP contribution in [-0.2, 0) is 6.42 Å². The van der Waals surface area contributed by atoms with E-state index in [1.54, 1.807) is 18.2 Å². The topological polar surface area (TPSA) is 50.4 Å². The summed E-state index contributed by atoms with van der Waals surface area (Å²) in [5, 5.41) is 7.54. The number of amides is 1. The van der Waals surface area contributed by atoms with E-state index in [1.807, 2.05) is 30.3 Å². The molecule has 5 heteroatoms. The highest BCUT2D eigenvalue weighted by Crippen LogP contribution is 2.33. The van der Waals surface area contributed by atoms with Gasteiger partial charge in [-0.05, 0) is 94.8 Å². The van der Waals surface area contributed by atoms with Crippen LogP contribution < -0.4 is 15.4 Å². The molecule has 184 valence electrons. The van der Waals surface area contributed by atoms with Gasteiger partial charge in [-0.25, -0.2) is 0 Å². The fourth-order valence-corrected chi connectivity index (χ4v) is 5.55. The van der Waals surface area contributed by atoms with Gasteiger partial charge >= 0.3 is 0 Å². The Balaban J connectivity index is 1.42. The first-order chi connectivity index (χ1) is 16.6. The summed E-state index contributed by atoms with van der Waals surface area (Å²) in [6.45, 7) is 8.87. The van der Waals surface area contributed by atoms with Gasteiger partial charge in [0.1, 0.15) is 11.5 Å². The van der Waals surface area contributed by atoms with E-state index in [1.165, 1.54) is 11.1 Å². The average molecular weight is 491 g/mol. The third-order valence-corrected chi connectivity index (χ3v) is 7.10. The van der Waals surface area contributed by atoms with E-state index in [0.717, 1.165) is 25.7 Å². The number of ether oxygens (including phenoxy) is 1. The standard InChI is InChI=1S/C30H35ClN2O2/c1-21-10-8-9-11-22(21)16-17-30(4)20-24(19-29(2,3)33-30)32-28(34)23-14-15-27(26(31)18-23)35-25-12-6-5-7-13-25/h5-15,18,24,33H,16-17,19-20H2,1-4H3,(H,32,34). The largest absolute Gasteiger partial charge is 0.456 e. The van der Waals surface area contributed by atoms with Crippen molar-refractivity contribution in [3.63, 3.8) is 0 Å². The molecule has 3 aromatic rings. The van der Waals surface area contributed by atoms with E-state index in [0.29, 0.717) is 22.1 Å². The van der Waals surface area contributed by atoms with Gasteiger partial charge in [-0.15, -0.1) is 0 Å². The van der Waals surface area contributed by atoms with Crippen LogP contribution >= 0.6 is 11.6 Å². The number of aryl methyl sites for hydroxylation is 2. The number of rotatable bonds is 7. The van der Waals surface area contributed by atoms with E-state index < -0.39 is 0 Å². The van der Waals surface area contributed by atoms with E-state index >= 15 is 0 Å². The summed E-state index contributed by atoms with van der Waals surface area (Å²) in [5.41, 5.74) is 3.09. The molecule has 3 aromatic carbocycles. The second kappa shape index (κ2) is 10.4. The van der Waals surface area contributed by atoms with Gasteiger partial charge in [0.15, 0.2) is 0 Å². The fourth-order valence-electron chi connectivity index (χ4n) is 5.33. The quantitative estimate of drug-likeness (QED) is 0.371. The highest BCUT2D eigenvalue weighted by Gasteiger charge is 2.40. The van der Waals surface area contributed by atoms with Gasteiger partial charge < -0.3 is 15.4 Å². The molecule has 2 N–H and O–H groups in total. The first-order valence-electron chi connectivity index (χ1n) is 12.3. The molecule has 1 saturated heterocycles. The number of carbonyl (C=O) groups excluding carboxylic acids is 1. The minimum Gasteiger partial charge on any atom is -0.456 e. The number of para-hydroxylation sites is 1. The molecule has 1 amide bonds. The van der Waals surface area contributed by atoms with E-state index in [-0.39, 0.29) is 23.0 Å². The Morgan fingerprint density at radius 1 is 1.03 bits per heavy atom. The summed E-state index contributed by atoms with van der Waals surface area (Å²) < 4.78 is 5.85. The van der Waals surface area contributed by atoms with Crippen LogP contribution in [0, 0.1) is 6.92 Å².